The fourth-order valence-corrected chi connectivity index (χ4v) is 3.17. The molecule has 3 aromatic rings. The largest absolute Gasteiger partial charge is 0.491 e. The van der Waals surface area contributed by atoms with Crippen LogP contribution in [0.3, 0.4) is 0 Å². The topological polar surface area (TPSA) is 97.5 Å². The van der Waals surface area contributed by atoms with Gasteiger partial charge in [-0.2, -0.15) is 5.10 Å². The minimum Gasteiger partial charge on any atom is -0.491 e. The summed E-state index contributed by atoms with van der Waals surface area (Å²) in [5.41, 5.74) is 3.45. The van der Waals surface area contributed by atoms with E-state index < -0.39 is 0 Å². The maximum absolute atomic E-state index is 10.6. The molecule has 0 radical (unpaired) electrons. The molecule has 2 heterocycles. The summed E-state index contributed by atoms with van der Waals surface area (Å²) >= 11 is 0. The van der Waals surface area contributed by atoms with Crippen molar-refractivity contribution in [2.45, 2.75) is 12.5 Å². The molecule has 1 aromatic heterocycles. The number of ether oxygens (including phenoxy) is 3. The molecule has 1 amide bonds. The van der Waals surface area contributed by atoms with Crippen LogP contribution in [0.25, 0.3) is 22.2 Å². The number of anilines is 1. The van der Waals surface area contributed by atoms with Crippen molar-refractivity contribution in [3.05, 3.63) is 42.5 Å². The smallest absolute Gasteiger partial charge is 0.211 e. The number of methoxy groups -OCH3 is 2. The minimum atomic E-state index is 0.486. The summed E-state index contributed by atoms with van der Waals surface area (Å²) in [6.07, 6.45) is 10.3. The van der Waals surface area contributed by atoms with Gasteiger partial charge in [0, 0.05) is 37.4 Å². The Labute approximate surface area is 188 Å². The van der Waals surface area contributed by atoms with Gasteiger partial charge in [-0.25, -0.2) is 0 Å². The van der Waals surface area contributed by atoms with Gasteiger partial charge in [0.15, 0.2) is 0 Å². The van der Waals surface area contributed by atoms with Gasteiger partial charge in [-0.05, 0) is 55.4 Å². The summed E-state index contributed by atoms with van der Waals surface area (Å²) in [6, 6.07) is 13.3. The van der Waals surface area contributed by atoms with E-state index in [1.54, 1.807) is 14.2 Å². The summed E-state index contributed by atoms with van der Waals surface area (Å²) < 4.78 is 15.6. The monoisotopic (exact) mass is 438 g/mol. The number of benzene rings is 2. The van der Waals surface area contributed by atoms with Crippen LogP contribution in [-0.2, 0) is 14.3 Å². The Kier molecular flexibility index (Phi) is 10.8. The number of H-pyrrole nitrogens is 1. The highest BCUT2D eigenvalue weighted by atomic mass is 16.5. The molecule has 32 heavy (non-hydrogen) atoms. The van der Waals surface area contributed by atoms with Crippen molar-refractivity contribution < 1.29 is 19.0 Å². The normalized spacial score (nSPS) is 14.6. The van der Waals surface area contributed by atoms with Crippen LogP contribution in [0, 0.1) is 12.8 Å². The van der Waals surface area contributed by atoms with Gasteiger partial charge in [-0.3, -0.25) is 9.89 Å². The Balaban J connectivity index is 0.000000340. The molecule has 2 aromatic carbocycles. The molecule has 0 bridgehead atoms. The highest BCUT2D eigenvalue weighted by Gasteiger charge is 2.11. The van der Waals surface area contributed by atoms with Crippen molar-refractivity contribution in [2.75, 3.05) is 45.8 Å². The fraction of sp³-hybridized carbons (Fsp3) is 0.333. The van der Waals surface area contributed by atoms with Gasteiger partial charge in [-0.1, -0.05) is 0 Å². The van der Waals surface area contributed by atoms with Crippen LogP contribution in [0.5, 0.6) is 5.75 Å². The lowest BCUT2D eigenvalue weighted by molar-refractivity contribution is -0.105. The molecule has 0 saturated carbocycles. The highest BCUT2D eigenvalue weighted by Crippen LogP contribution is 2.29. The molecule has 1 saturated heterocycles. The van der Waals surface area contributed by atoms with Crippen molar-refractivity contribution in [3.8, 4) is 29.9 Å². The van der Waals surface area contributed by atoms with Gasteiger partial charge in [0.2, 0.25) is 6.41 Å². The number of aromatic amines is 1. The number of rotatable bonds is 8. The molecule has 170 valence electrons. The number of nitrogens with zero attached hydrogens (tertiary/aromatic N) is 1. The number of terminal acetylenes is 1. The second kappa shape index (κ2) is 13.8. The molecule has 0 spiro atoms. The van der Waals surface area contributed by atoms with E-state index in [0.717, 1.165) is 46.7 Å². The van der Waals surface area contributed by atoms with Gasteiger partial charge >= 0.3 is 0 Å². The Morgan fingerprint density at radius 3 is 2.53 bits per heavy atom. The van der Waals surface area contributed by atoms with E-state index in [9.17, 15) is 4.79 Å². The van der Waals surface area contributed by atoms with Crippen molar-refractivity contribution in [1.29, 1.82) is 0 Å². The summed E-state index contributed by atoms with van der Waals surface area (Å²) in [5.74, 6) is 0.786. The third-order valence-electron chi connectivity index (χ3n) is 4.82. The molecule has 1 fully saturated rings. The number of hydrogen-bond donors (Lipinski definition) is 3. The van der Waals surface area contributed by atoms with E-state index in [-0.39, 0.29) is 0 Å². The first kappa shape index (κ1) is 24.9. The van der Waals surface area contributed by atoms with E-state index in [4.69, 9.17) is 14.2 Å². The standard InChI is InChI=1S/C17H17N3O3.C5H11NO.C2H2/c1-22-8-9-23-14-5-2-12(3-6-14)17-15-10-13(18-11-21)4-7-16(15)19-20-17;1-7-5-2-3-6-4-5;1-2/h2-7,10-11H,8-9H2,1H3,(H,18,21)(H,19,20);5-6H,2-4H2,1H3;1-2H/t;5-;/m.0./s1. The van der Waals surface area contributed by atoms with Crippen molar-refractivity contribution in [2.24, 2.45) is 0 Å². The van der Waals surface area contributed by atoms with E-state index in [2.05, 4.69) is 33.7 Å². The third-order valence-corrected chi connectivity index (χ3v) is 4.82. The van der Waals surface area contributed by atoms with E-state index in [1.807, 2.05) is 42.5 Å². The van der Waals surface area contributed by atoms with Crippen LogP contribution in [-0.4, -0.2) is 63.2 Å². The number of nitrogens with one attached hydrogen (secondary N) is 3. The van der Waals surface area contributed by atoms with Gasteiger partial charge in [0.05, 0.1) is 23.9 Å². The predicted molar refractivity (Wildman–Crippen MR) is 127 cm³/mol. The summed E-state index contributed by atoms with van der Waals surface area (Å²) in [7, 11) is 3.40. The van der Waals surface area contributed by atoms with Gasteiger partial charge < -0.3 is 24.8 Å². The molecular weight excluding hydrogens is 408 g/mol. The van der Waals surface area contributed by atoms with E-state index in [1.165, 1.54) is 6.42 Å². The average Bonchev–Trinajstić information content (AvgIpc) is 3.52. The number of fused-ring (bicyclic) bond motifs is 1. The van der Waals surface area contributed by atoms with Gasteiger partial charge in [-0.15, -0.1) is 12.8 Å². The van der Waals surface area contributed by atoms with E-state index in [0.29, 0.717) is 25.7 Å². The van der Waals surface area contributed by atoms with Gasteiger partial charge in [0.25, 0.3) is 0 Å². The zero-order valence-corrected chi connectivity index (χ0v) is 18.5. The summed E-state index contributed by atoms with van der Waals surface area (Å²) in [5, 5.41) is 14.2. The molecular formula is C24H30N4O4. The minimum absolute atomic E-state index is 0.486. The quantitative estimate of drug-likeness (QED) is 0.284. The van der Waals surface area contributed by atoms with Crippen molar-refractivity contribution in [1.82, 2.24) is 15.5 Å². The zero-order chi connectivity index (χ0) is 23.2. The van der Waals surface area contributed by atoms with Crippen LogP contribution in [0.4, 0.5) is 5.69 Å². The molecule has 4 rings (SSSR count). The zero-order valence-electron chi connectivity index (χ0n) is 18.5. The summed E-state index contributed by atoms with van der Waals surface area (Å²) in [6.45, 7) is 3.23. The molecule has 0 unspecified atom stereocenters. The highest BCUT2D eigenvalue weighted by molar-refractivity contribution is 5.95. The maximum Gasteiger partial charge on any atom is 0.211 e. The Morgan fingerprint density at radius 1 is 1.16 bits per heavy atom. The first-order valence-corrected chi connectivity index (χ1v) is 10.2. The van der Waals surface area contributed by atoms with Crippen LogP contribution >= 0.6 is 0 Å². The van der Waals surface area contributed by atoms with Gasteiger partial charge in [0.1, 0.15) is 12.4 Å². The predicted octanol–water partition coefficient (Wildman–Crippen LogP) is 3.07. The molecule has 1 atom stereocenters. The second-order valence-corrected chi connectivity index (χ2v) is 6.81. The number of hydrogen-bond acceptors (Lipinski definition) is 6. The first-order chi connectivity index (χ1) is 15.7. The first-order valence-electron chi connectivity index (χ1n) is 10.2. The van der Waals surface area contributed by atoms with Crippen molar-refractivity contribution in [3.63, 3.8) is 0 Å². The molecule has 3 N–H and O–H groups in total. The number of carbonyl (C=O) groups excluding carboxylic acids is 1. The lowest BCUT2D eigenvalue weighted by Gasteiger charge is -2.06. The summed E-state index contributed by atoms with van der Waals surface area (Å²) in [4.78, 5) is 10.6. The van der Waals surface area contributed by atoms with E-state index >= 15 is 0 Å². The molecule has 1 aliphatic rings. The molecule has 1 aliphatic heterocycles. The number of amides is 1. The van der Waals surface area contributed by atoms with Crippen LogP contribution in [0.1, 0.15) is 6.42 Å². The lowest BCUT2D eigenvalue weighted by Crippen LogP contribution is -2.14. The number of carbonyl (C=O) groups is 1. The molecule has 8 nitrogen and oxygen atoms in total. The van der Waals surface area contributed by atoms with Crippen LogP contribution in [0.2, 0.25) is 0 Å². The molecule has 0 aliphatic carbocycles. The van der Waals surface area contributed by atoms with Crippen LogP contribution < -0.4 is 15.4 Å². The Hall–Kier alpha value is -3.38. The molecule has 8 heteroatoms. The van der Waals surface area contributed by atoms with Crippen molar-refractivity contribution >= 4 is 23.0 Å². The third kappa shape index (κ3) is 7.10. The average molecular weight is 439 g/mol. The fourth-order valence-electron chi connectivity index (χ4n) is 3.17. The van der Waals surface area contributed by atoms with Crippen LogP contribution in [0.15, 0.2) is 42.5 Å². The maximum atomic E-state index is 10.6. The second-order valence-electron chi connectivity index (χ2n) is 6.81. The lowest BCUT2D eigenvalue weighted by atomic mass is 10.1. The Bertz CT molecular complexity index is 963. The SMILES string of the molecule is C#C.COCCOc1ccc(-c2n[nH]c3ccc(NC=O)cc23)cc1.CO[C@H]1CCNC1. The Morgan fingerprint density at radius 2 is 1.94 bits per heavy atom. The number of aromatic nitrogens is 2.